The molecule has 1 unspecified atom stereocenters. The third kappa shape index (κ3) is 4.71. The number of nitrogens with zero attached hydrogens (tertiary/aromatic N) is 3. The number of amides is 1. The lowest BCUT2D eigenvalue weighted by molar-refractivity contribution is -0.125. The lowest BCUT2D eigenvalue weighted by Gasteiger charge is -2.33. The largest absolute Gasteiger partial charge is 0.491 e. The molecule has 0 bridgehead atoms. The summed E-state index contributed by atoms with van der Waals surface area (Å²) >= 11 is 0. The zero-order valence-corrected chi connectivity index (χ0v) is 19.6. The van der Waals surface area contributed by atoms with Crippen LogP contribution >= 0.6 is 0 Å². The van der Waals surface area contributed by atoms with Crippen molar-refractivity contribution in [2.24, 2.45) is 5.92 Å². The third-order valence-corrected chi connectivity index (χ3v) is 5.97. The van der Waals surface area contributed by atoms with Gasteiger partial charge in [-0.25, -0.2) is 4.98 Å². The molecule has 32 heavy (non-hydrogen) atoms. The van der Waals surface area contributed by atoms with E-state index in [-0.39, 0.29) is 17.9 Å². The number of furan rings is 1. The lowest BCUT2D eigenvalue weighted by Crippen LogP contribution is -2.43. The predicted octanol–water partition coefficient (Wildman–Crippen LogP) is 4.47. The molecule has 1 fully saturated rings. The smallest absolute Gasteiger partial charge is 0.231 e. The van der Waals surface area contributed by atoms with Gasteiger partial charge in [0.15, 0.2) is 0 Å². The average molecular weight is 437 g/mol. The minimum atomic E-state index is -0.0778. The van der Waals surface area contributed by atoms with Crippen LogP contribution in [0.5, 0.6) is 5.75 Å². The van der Waals surface area contributed by atoms with E-state index in [1.807, 2.05) is 58.9 Å². The van der Waals surface area contributed by atoms with Crippen molar-refractivity contribution in [3.05, 3.63) is 47.0 Å². The Labute approximate surface area is 189 Å². The number of piperidine rings is 1. The summed E-state index contributed by atoms with van der Waals surface area (Å²) in [4.78, 5) is 24.3. The molecule has 0 spiro atoms. The van der Waals surface area contributed by atoms with Crippen molar-refractivity contribution >= 4 is 22.8 Å². The summed E-state index contributed by atoms with van der Waals surface area (Å²) in [7, 11) is 0. The molecule has 1 aliphatic heterocycles. The van der Waals surface area contributed by atoms with Crippen molar-refractivity contribution in [2.45, 2.75) is 60.1 Å². The quantitative estimate of drug-likeness (QED) is 0.614. The second-order valence-corrected chi connectivity index (χ2v) is 8.87. The van der Waals surface area contributed by atoms with E-state index in [0.29, 0.717) is 24.6 Å². The molecule has 1 amide bonds. The number of nitrogens with one attached hydrogen (secondary N) is 1. The fourth-order valence-corrected chi connectivity index (χ4v) is 4.24. The van der Waals surface area contributed by atoms with Gasteiger partial charge in [-0.2, -0.15) is 4.98 Å². The Balaban J connectivity index is 1.43. The number of hydrogen-bond acceptors (Lipinski definition) is 6. The Bertz CT molecular complexity index is 1100. The average Bonchev–Trinajstić information content (AvgIpc) is 3.05. The molecule has 4 rings (SSSR count). The maximum Gasteiger partial charge on any atom is 0.231 e. The van der Waals surface area contributed by atoms with Gasteiger partial charge in [0, 0.05) is 25.2 Å². The Morgan fingerprint density at radius 3 is 2.69 bits per heavy atom. The number of fused-ring (bicyclic) bond motifs is 1. The number of aromatic nitrogens is 2. The van der Waals surface area contributed by atoms with Crippen molar-refractivity contribution < 1.29 is 13.9 Å². The van der Waals surface area contributed by atoms with Gasteiger partial charge in [0.2, 0.25) is 11.6 Å². The molecule has 2 aromatic heterocycles. The number of anilines is 1. The zero-order valence-electron chi connectivity index (χ0n) is 19.6. The summed E-state index contributed by atoms with van der Waals surface area (Å²) in [5, 5.41) is 4.06. The maximum absolute atomic E-state index is 12.9. The summed E-state index contributed by atoms with van der Waals surface area (Å²) in [5.41, 5.74) is 2.74. The minimum absolute atomic E-state index is 0.0778. The second kappa shape index (κ2) is 9.18. The maximum atomic E-state index is 12.9. The molecule has 1 aliphatic rings. The second-order valence-electron chi connectivity index (χ2n) is 8.87. The molecule has 3 heterocycles. The van der Waals surface area contributed by atoms with Gasteiger partial charge in [0.1, 0.15) is 23.2 Å². The first-order chi connectivity index (χ1) is 15.3. The third-order valence-electron chi connectivity index (χ3n) is 5.97. The summed E-state index contributed by atoms with van der Waals surface area (Å²) in [5.74, 6) is 3.26. The van der Waals surface area contributed by atoms with Gasteiger partial charge in [0.05, 0.1) is 17.4 Å². The molecule has 1 aromatic carbocycles. The number of ether oxygens (including phenoxy) is 1. The molecule has 1 N–H and O–H groups in total. The minimum Gasteiger partial charge on any atom is -0.491 e. The van der Waals surface area contributed by atoms with Gasteiger partial charge in [-0.1, -0.05) is 12.1 Å². The lowest BCUT2D eigenvalue weighted by atomic mass is 9.96. The van der Waals surface area contributed by atoms with E-state index < -0.39 is 0 Å². The zero-order chi connectivity index (χ0) is 22.8. The van der Waals surface area contributed by atoms with Crippen molar-refractivity contribution in [3.8, 4) is 5.75 Å². The highest BCUT2D eigenvalue weighted by molar-refractivity contribution is 5.90. The van der Waals surface area contributed by atoms with Gasteiger partial charge < -0.3 is 19.4 Å². The van der Waals surface area contributed by atoms with Crippen LogP contribution in [0.25, 0.3) is 11.1 Å². The Kier molecular flexibility index (Phi) is 6.35. The number of benzene rings is 1. The molecular weight excluding hydrogens is 404 g/mol. The number of rotatable bonds is 6. The number of aryl methyl sites for hydroxylation is 3. The standard InChI is InChI=1S/C25H32N4O3/c1-15(2)31-21-10-8-19(9-11-21)13-26-24(30)20-7-6-12-29(14-20)23-22-16(3)17(4)32-25(22)28-18(5)27-23/h8-11,15,20H,6-7,12-14H2,1-5H3,(H,26,30). The van der Waals surface area contributed by atoms with E-state index in [4.69, 9.17) is 14.1 Å². The topological polar surface area (TPSA) is 80.5 Å². The van der Waals surface area contributed by atoms with Crippen LogP contribution in [0, 0.1) is 26.7 Å². The summed E-state index contributed by atoms with van der Waals surface area (Å²) in [6.07, 6.45) is 1.96. The summed E-state index contributed by atoms with van der Waals surface area (Å²) in [6, 6.07) is 7.88. The van der Waals surface area contributed by atoms with Crippen LogP contribution < -0.4 is 15.0 Å². The number of hydrogen-bond donors (Lipinski definition) is 1. The first-order valence-corrected chi connectivity index (χ1v) is 11.3. The van der Waals surface area contributed by atoms with Crippen LogP contribution in [0.3, 0.4) is 0 Å². The van der Waals surface area contributed by atoms with E-state index in [2.05, 4.69) is 15.2 Å². The summed E-state index contributed by atoms with van der Waals surface area (Å²) in [6.45, 7) is 11.9. The Hall–Kier alpha value is -3.09. The first kappa shape index (κ1) is 22.1. The molecule has 0 saturated carbocycles. The highest BCUT2D eigenvalue weighted by atomic mass is 16.5. The van der Waals surface area contributed by atoms with Crippen molar-refractivity contribution in [3.63, 3.8) is 0 Å². The molecule has 0 aliphatic carbocycles. The van der Waals surface area contributed by atoms with Gasteiger partial charge in [0.25, 0.3) is 0 Å². The predicted molar refractivity (Wildman–Crippen MR) is 125 cm³/mol. The van der Waals surface area contributed by atoms with Crippen molar-refractivity contribution in [2.75, 3.05) is 18.0 Å². The highest BCUT2D eigenvalue weighted by Gasteiger charge is 2.29. The van der Waals surface area contributed by atoms with E-state index in [1.165, 1.54) is 0 Å². The first-order valence-electron chi connectivity index (χ1n) is 11.3. The molecular formula is C25H32N4O3. The van der Waals surface area contributed by atoms with Crippen LogP contribution in [0.4, 0.5) is 5.82 Å². The molecule has 1 atom stereocenters. The fraction of sp³-hybridized carbons (Fsp3) is 0.480. The highest BCUT2D eigenvalue weighted by Crippen LogP contribution is 2.33. The molecule has 7 heteroatoms. The molecule has 7 nitrogen and oxygen atoms in total. The monoisotopic (exact) mass is 436 g/mol. The SMILES string of the molecule is Cc1nc(N2CCCC(C(=O)NCc3ccc(OC(C)C)cc3)C2)c2c(C)c(C)oc2n1. The Morgan fingerprint density at radius 1 is 1.22 bits per heavy atom. The van der Waals surface area contributed by atoms with Crippen LogP contribution in [-0.2, 0) is 11.3 Å². The van der Waals surface area contributed by atoms with E-state index in [9.17, 15) is 4.79 Å². The summed E-state index contributed by atoms with van der Waals surface area (Å²) < 4.78 is 11.5. The molecule has 170 valence electrons. The van der Waals surface area contributed by atoms with Crippen LogP contribution in [0.1, 0.15) is 49.4 Å². The molecule has 3 aromatic rings. The van der Waals surface area contributed by atoms with E-state index in [0.717, 1.165) is 53.2 Å². The van der Waals surface area contributed by atoms with Crippen LogP contribution in [-0.4, -0.2) is 35.1 Å². The fourth-order valence-electron chi connectivity index (χ4n) is 4.24. The van der Waals surface area contributed by atoms with Crippen LogP contribution in [0.2, 0.25) is 0 Å². The molecule has 1 saturated heterocycles. The molecule has 0 radical (unpaired) electrons. The number of carbonyl (C=O) groups is 1. The normalized spacial score (nSPS) is 16.6. The van der Waals surface area contributed by atoms with Gasteiger partial charge in [-0.05, 0) is 65.2 Å². The van der Waals surface area contributed by atoms with Crippen LogP contribution in [0.15, 0.2) is 28.7 Å². The van der Waals surface area contributed by atoms with Gasteiger partial charge in [-0.15, -0.1) is 0 Å². The Morgan fingerprint density at radius 2 is 1.97 bits per heavy atom. The number of carbonyl (C=O) groups excluding carboxylic acids is 1. The van der Waals surface area contributed by atoms with Gasteiger partial charge >= 0.3 is 0 Å². The van der Waals surface area contributed by atoms with E-state index in [1.54, 1.807) is 0 Å². The van der Waals surface area contributed by atoms with Gasteiger partial charge in [-0.3, -0.25) is 4.79 Å². The van der Waals surface area contributed by atoms with Crippen molar-refractivity contribution in [1.29, 1.82) is 0 Å². The van der Waals surface area contributed by atoms with Crippen molar-refractivity contribution in [1.82, 2.24) is 15.3 Å². The van der Waals surface area contributed by atoms with E-state index >= 15 is 0 Å².